The predicted octanol–water partition coefficient (Wildman–Crippen LogP) is 3.03. The molecule has 0 atom stereocenters. The van der Waals surface area contributed by atoms with Gasteiger partial charge in [-0.2, -0.15) is 0 Å². The van der Waals surface area contributed by atoms with Gasteiger partial charge in [-0.1, -0.05) is 18.2 Å². The van der Waals surface area contributed by atoms with Crippen LogP contribution < -0.4 is 10.6 Å². The summed E-state index contributed by atoms with van der Waals surface area (Å²) in [4.78, 5) is 13.5. The molecule has 0 aromatic heterocycles. The second-order valence-corrected chi connectivity index (χ2v) is 5.07. The van der Waals surface area contributed by atoms with Crippen LogP contribution in [0.4, 0.5) is 20.2 Å². The third-order valence-corrected chi connectivity index (χ3v) is 3.68. The second kappa shape index (κ2) is 5.16. The number of hydrogen-bond acceptors (Lipinski definition) is 2. The molecule has 5 heteroatoms. The number of nitrogens with zero attached hydrogens (tertiary/aromatic N) is 1. The van der Waals surface area contributed by atoms with Crippen molar-refractivity contribution in [3.8, 4) is 0 Å². The Kier molecular flexibility index (Phi) is 3.33. The number of anilines is 2. The van der Waals surface area contributed by atoms with Crippen molar-refractivity contribution in [2.75, 3.05) is 10.6 Å². The van der Waals surface area contributed by atoms with Crippen LogP contribution in [-0.4, -0.2) is 5.91 Å². The first-order chi connectivity index (χ1) is 10.1. The third kappa shape index (κ3) is 2.46. The molecule has 0 saturated carbocycles. The lowest BCUT2D eigenvalue weighted by Crippen LogP contribution is -2.35. The van der Waals surface area contributed by atoms with Crippen molar-refractivity contribution in [1.82, 2.24) is 0 Å². The molecular weight excluding hydrogens is 274 g/mol. The van der Waals surface area contributed by atoms with Crippen molar-refractivity contribution in [3.05, 3.63) is 59.2 Å². The van der Waals surface area contributed by atoms with Gasteiger partial charge in [0.15, 0.2) is 5.82 Å². The summed E-state index contributed by atoms with van der Waals surface area (Å²) in [7, 11) is 0. The highest BCUT2D eigenvalue weighted by Crippen LogP contribution is 2.30. The number of nitrogens with two attached hydrogens (primary N) is 1. The highest BCUT2D eigenvalue weighted by atomic mass is 19.1. The molecule has 21 heavy (non-hydrogen) atoms. The van der Waals surface area contributed by atoms with E-state index in [1.807, 2.05) is 0 Å². The Bertz CT molecular complexity index is 715. The van der Waals surface area contributed by atoms with Gasteiger partial charge in [0.1, 0.15) is 5.82 Å². The van der Waals surface area contributed by atoms with Crippen LogP contribution in [0.25, 0.3) is 0 Å². The minimum absolute atomic E-state index is 0.0384. The topological polar surface area (TPSA) is 46.3 Å². The molecule has 0 unspecified atom stereocenters. The number of carbonyl (C=O) groups excluding carboxylic acids is 1. The zero-order valence-corrected chi connectivity index (χ0v) is 11.3. The summed E-state index contributed by atoms with van der Waals surface area (Å²) in [6.45, 7) is 0.0478. The predicted molar refractivity (Wildman–Crippen MR) is 76.7 cm³/mol. The van der Waals surface area contributed by atoms with Crippen molar-refractivity contribution >= 4 is 17.3 Å². The molecule has 0 bridgehead atoms. The number of halogens is 2. The summed E-state index contributed by atoms with van der Waals surface area (Å²) in [5.74, 6) is -1.09. The zero-order chi connectivity index (χ0) is 15.0. The van der Waals surface area contributed by atoms with Gasteiger partial charge in [-0.15, -0.1) is 0 Å². The SMILES string of the molecule is Nc1cccc(CN2C(=O)CCc3ccc(F)cc32)c1F. The summed E-state index contributed by atoms with van der Waals surface area (Å²) < 4.78 is 27.4. The first-order valence-corrected chi connectivity index (χ1v) is 6.68. The fraction of sp³-hybridized carbons (Fsp3) is 0.188. The molecule has 2 aromatic rings. The minimum atomic E-state index is -0.533. The molecule has 0 fully saturated rings. The summed E-state index contributed by atoms with van der Waals surface area (Å²) in [5, 5.41) is 0. The van der Waals surface area contributed by atoms with Crippen LogP contribution >= 0.6 is 0 Å². The Morgan fingerprint density at radius 3 is 2.76 bits per heavy atom. The van der Waals surface area contributed by atoms with E-state index in [2.05, 4.69) is 0 Å². The lowest BCUT2D eigenvalue weighted by molar-refractivity contribution is -0.119. The maximum Gasteiger partial charge on any atom is 0.227 e. The van der Waals surface area contributed by atoms with Crippen molar-refractivity contribution in [3.63, 3.8) is 0 Å². The van der Waals surface area contributed by atoms with Crippen molar-refractivity contribution < 1.29 is 13.6 Å². The largest absolute Gasteiger partial charge is 0.396 e. The molecule has 0 saturated heterocycles. The first-order valence-electron chi connectivity index (χ1n) is 6.68. The van der Waals surface area contributed by atoms with Gasteiger partial charge in [0.2, 0.25) is 5.91 Å². The number of nitrogen functional groups attached to an aromatic ring is 1. The van der Waals surface area contributed by atoms with E-state index in [-0.39, 0.29) is 18.1 Å². The molecule has 1 aliphatic rings. The van der Waals surface area contributed by atoms with Gasteiger partial charge < -0.3 is 10.6 Å². The van der Waals surface area contributed by atoms with Gasteiger partial charge in [0.05, 0.1) is 17.9 Å². The molecule has 2 N–H and O–H groups in total. The standard InChI is InChI=1S/C16H14F2N2O/c17-12-6-4-10-5-7-15(21)20(14(10)8-12)9-11-2-1-3-13(19)16(11)18/h1-4,6,8H,5,7,9,19H2. The molecule has 3 nitrogen and oxygen atoms in total. The monoisotopic (exact) mass is 288 g/mol. The van der Waals surface area contributed by atoms with Gasteiger partial charge in [0, 0.05) is 12.0 Å². The lowest BCUT2D eigenvalue weighted by atomic mass is 10.00. The van der Waals surface area contributed by atoms with Gasteiger partial charge >= 0.3 is 0 Å². The minimum Gasteiger partial charge on any atom is -0.396 e. The molecule has 0 spiro atoms. The quantitative estimate of drug-likeness (QED) is 0.863. The summed E-state index contributed by atoms with van der Waals surface area (Å²) >= 11 is 0. The molecule has 1 amide bonds. The van der Waals surface area contributed by atoms with Gasteiger partial charge in [0.25, 0.3) is 0 Å². The van der Waals surface area contributed by atoms with Crippen LogP contribution in [0.2, 0.25) is 0 Å². The molecular formula is C16H14F2N2O. The number of carbonyl (C=O) groups is 1. The molecule has 2 aromatic carbocycles. The Morgan fingerprint density at radius 2 is 1.95 bits per heavy atom. The molecule has 0 aliphatic carbocycles. The number of amides is 1. The van der Waals surface area contributed by atoms with E-state index in [9.17, 15) is 13.6 Å². The third-order valence-electron chi connectivity index (χ3n) is 3.68. The smallest absolute Gasteiger partial charge is 0.227 e. The molecule has 1 aliphatic heterocycles. The van der Waals surface area contributed by atoms with Crippen LogP contribution in [0.3, 0.4) is 0 Å². The number of rotatable bonds is 2. The number of aryl methyl sites for hydroxylation is 1. The second-order valence-electron chi connectivity index (χ2n) is 5.07. The average Bonchev–Trinajstić information content (AvgIpc) is 2.46. The maximum atomic E-state index is 14.0. The van der Waals surface area contributed by atoms with Gasteiger partial charge in [-0.05, 0) is 30.2 Å². The highest BCUT2D eigenvalue weighted by molar-refractivity contribution is 5.96. The zero-order valence-electron chi connectivity index (χ0n) is 11.3. The van der Waals surface area contributed by atoms with E-state index in [4.69, 9.17) is 5.73 Å². The van der Waals surface area contributed by atoms with E-state index in [1.54, 1.807) is 18.2 Å². The van der Waals surface area contributed by atoms with E-state index in [0.717, 1.165) is 5.56 Å². The fourth-order valence-electron chi connectivity index (χ4n) is 2.58. The fourth-order valence-corrected chi connectivity index (χ4v) is 2.58. The molecule has 108 valence electrons. The maximum absolute atomic E-state index is 14.0. The average molecular weight is 288 g/mol. The van der Waals surface area contributed by atoms with E-state index in [1.165, 1.54) is 23.1 Å². The van der Waals surface area contributed by atoms with Gasteiger partial charge in [-0.25, -0.2) is 8.78 Å². The summed E-state index contributed by atoms with van der Waals surface area (Å²) in [5.41, 5.74) is 7.30. The molecule has 0 radical (unpaired) electrons. The van der Waals surface area contributed by atoms with Crippen LogP contribution in [0.15, 0.2) is 36.4 Å². The van der Waals surface area contributed by atoms with Crippen LogP contribution in [0.1, 0.15) is 17.5 Å². The van der Waals surface area contributed by atoms with E-state index < -0.39 is 11.6 Å². The molecule has 3 rings (SSSR count). The molecule has 1 heterocycles. The van der Waals surface area contributed by atoms with Crippen molar-refractivity contribution in [1.29, 1.82) is 0 Å². The van der Waals surface area contributed by atoms with Crippen molar-refractivity contribution in [2.45, 2.75) is 19.4 Å². The highest BCUT2D eigenvalue weighted by Gasteiger charge is 2.25. The van der Waals surface area contributed by atoms with Gasteiger partial charge in [-0.3, -0.25) is 4.79 Å². The van der Waals surface area contributed by atoms with Crippen LogP contribution in [-0.2, 0) is 17.8 Å². The summed E-state index contributed by atoms with van der Waals surface area (Å²) in [6.07, 6.45) is 0.910. The Labute approximate surface area is 121 Å². The Hall–Kier alpha value is -2.43. The first kappa shape index (κ1) is 13.5. The van der Waals surface area contributed by atoms with Crippen LogP contribution in [0, 0.1) is 11.6 Å². The van der Waals surface area contributed by atoms with E-state index in [0.29, 0.717) is 24.1 Å². The Morgan fingerprint density at radius 1 is 1.14 bits per heavy atom. The van der Waals surface area contributed by atoms with Crippen LogP contribution in [0.5, 0.6) is 0 Å². The van der Waals surface area contributed by atoms with Crippen molar-refractivity contribution in [2.24, 2.45) is 0 Å². The number of benzene rings is 2. The lowest BCUT2D eigenvalue weighted by Gasteiger charge is -2.29. The normalized spacial score (nSPS) is 14.2. The van der Waals surface area contributed by atoms with E-state index >= 15 is 0 Å². The number of hydrogen-bond donors (Lipinski definition) is 1. The summed E-state index contributed by atoms with van der Waals surface area (Å²) in [6, 6.07) is 9.02. The number of fused-ring (bicyclic) bond motifs is 1. The Balaban J connectivity index is 2.00.